The Morgan fingerprint density at radius 3 is 2.76 bits per heavy atom. The van der Waals surface area contributed by atoms with Crippen LogP contribution in [0.4, 0.5) is 5.69 Å². The lowest BCUT2D eigenvalue weighted by molar-refractivity contribution is -0.118. The fourth-order valence-electron chi connectivity index (χ4n) is 2.87. The van der Waals surface area contributed by atoms with Crippen molar-refractivity contribution in [1.29, 1.82) is 0 Å². The van der Waals surface area contributed by atoms with Crippen molar-refractivity contribution in [3.8, 4) is 5.75 Å². The molecule has 5 heteroatoms. The number of amides is 1. The Morgan fingerprint density at radius 2 is 1.96 bits per heavy atom. The number of rotatable bonds is 5. The molecule has 0 bridgehead atoms. The van der Waals surface area contributed by atoms with E-state index >= 15 is 0 Å². The Balaban J connectivity index is 1.60. The molecule has 0 saturated heterocycles. The number of hydrogen-bond acceptors (Lipinski definition) is 4. The summed E-state index contributed by atoms with van der Waals surface area (Å²) in [5.41, 5.74) is 2.82. The van der Waals surface area contributed by atoms with Crippen LogP contribution in [0.2, 0.25) is 0 Å². The predicted octanol–water partition coefficient (Wildman–Crippen LogP) is 3.43. The molecule has 1 N–H and O–H groups in total. The molecule has 0 saturated carbocycles. The lowest BCUT2D eigenvalue weighted by Crippen LogP contribution is -2.20. The third-order valence-corrected chi connectivity index (χ3v) is 4.15. The van der Waals surface area contributed by atoms with E-state index in [2.05, 4.69) is 5.32 Å². The van der Waals surface area contributed by atoms with Gasteiger partial charge in [0.15, 0.2) is 18.2 Å². The number of benzene rings is 2. The Bertz CT molecular complexity index is 841. The third-order valence-electron chi connectivity index (χ3n) is 4.15. The van der Waals surface area contributed by atoms with Gasteiger partial charge in [0.1, 0.15) is 5.75 Å². The van der Waals surface area contributed by atoms with Crippen molar-refractivity contribution >= 4 is 23.2 Å². The minimum atomic E-state index is -0.311. The normalized spacial score (nSPS) is 13.1. The molecule has 1 amide bonds. The highest BCUT2D eigenvalue weighted by Crippen LogP contribution is 2.25. The number of fused-ring (bicyclic) bond motifs is 1. The number of Topliss-reactive ketones (excluding diaryl/α,β-unsaturated/α-hetero) is 2. The fraction of sp³-hybridized carbons (Fsp3) is 0.250. The molecule has 3 rings (SSSR count). The molecule has 25 heavy (non-hydrogen) atoms. The lowest BCUT2D eigenvalue weighted by atomic mass is 9.91. The van der Waals surface area contributed by atoms with E-state index in [9.17, 15) is 14.4 Å². The summed E-state index contributed by atoms with van der Waals surface area (Å²) < 4.78 is 5.53. The molecule has 0 aromatic heterocycles. The Kier molecular flexibility index (Phi) is 4.93. The van der Waals surface area contributed by atoms with Crippen molar-refractivity contribution in [1.82, 2.24) is 0 Å². The maximum Gasteiger partial charge on any atom is 0.262 e. The van der Waals surface area contributed by atoms with E-state index < -0.39 is 0 Å². The summed E-state index contributed by atoms with van der Waals surface area (Å²) in [6.07, 6.45) is 2.29. The van der Waals surface area contributed by atoms with Gasteiger partial charge in [-0.25, -0.2) is 0 Å². The van der Waals surface area contributed by atoms with Gasteiger partial charge in [0, 0.05) is 23.2 Å². The molecule has 0 radical (unpaired) electrons. The molecular formula is C20H19NO4. The first-order valence-corrected chi connectivity index (χ1v) is 8.23. The first-order valence-electron chi connectivity index (χ1n) is 8.23. The van der Waals surface area contributed by atoms with Crippen LogP contribution >= 0.6 is 0 Å². The monoisotopic (exact) mass is 337 g/mol. The number of carbonyl (C=O) groups is 3. The standard InChI is InChI=1S/C20H19NO4/c1-13(22)14-4-2-6-16(10-14)21-20(24)12-25-17-8-9-18-15(11-17)5-3-7-19(18)23/h2,4,6,8-11H,3,5,7,12H2,1H3,(H,21,24). The summed E-state index contributed by atoms with van der Waals surface area (Å²) in [6, 6.07) is 12.1. The minimum absolute atomic E-state index is 0.0593. The molecule has 1 aliphatic rings. The van der Waals surface area contributed by atoms with E-state index in [0.29, 0.717) is 23.4 Å². The summed E-state index contributed by atoms with van der Waals surface area (Å²) in [4.78, 5) is 35.2. The molecule has 0 aliphatic heterocycles. The van der Waals surface area contributed by atoms with E-state index in [1.165, 1.54) is 6.92 Å². The molecule has 0 spiro atoms. The maximum atomic E-state index is 12.0. The molecule has 0 atom stereocenters. The summed E-state index contributed by atoms with van der Waals surface area (Å²) in [7, 11) is 0. The largest absolute Gasteiger partial charge is 0.484 e. The van der Waals surface area contributed by atoms with E-state index in [4.69, 9.17) is 4.74 Å². The highest BCUT2D eigenvalue weighted by atomic mass is 16.5. The zero-order valence-corrected chi connectivity index (χ0v) is 14.0. The van der Waals surface area contributed by atoms with Gasteiger partial charge in [0.05, 0.1) is 0 Å². The number of hydrogen-bond donors (Lipinski definition) is 1. The van der Waals surface area contributed by atoms with Crippen LogP contribution in [-0.2, 0) is 11.2 Å². The smallest absolute Gasteiger partial charge is 0.262 e. The SMILES string of the molecule is CC(=O)c1cccc(NC(=O)COc2ccc3c(c2)CCCC3=O)c1. The molecular weight excluding hydrogens is 318 g/mol. The van der Waals surface area contributed by atoms with Gasteiger partial charge in [-0.1, -0.05) is 12.1 Å². The molecule has 0 fully saturated rings. The van der Waals surface area contributed by atoms with Crippen molar-refractivity contribution in [3.05, 3.63) is 59.2 Å². The third kappa shape index (κ3) is 4.12. The second kappa shape index (κ2) is 7.30. The average Bonchev–Trinajstić information content (AvgIpc) is 2.60. The zero-order valence-electron chi connectivity index (χ0n) is 14.0. The van der Waals surface area contributed by atoms with E-state index in [1.54, 1.807) is 36.4 Å². The number of anilines is 1. The fourth-order valence-corrected chi connectivity index (χ4v) is 2.87. The van der Waals surface area contributed by atoms with Gasteiger partial charge in [-0.15, -0.1) is 0 Å². The van der Waals surface area contributed by atoms with Gasteiger partial charge in [-0.05, 0) is 55.7 Å². The quantitative estimate of drug-likeness (QED) is 0.849. The van der Waals surface area contributed by atoms with Crippen molar-refractivity contribution in [3.63, 3.8) is 0 Å². The zero-order chi connectivity index (χ0) is 17.8. The second-order valence-electron chi connectivity index (χ2n) is 6.07. The van der Waals surface area contributed by atoms with Crippen molar-refractivity contribution in [2.75, 3.05) is 11.9 Å². The van der Waals surface area contributed by atoms with Crippen molar-refractivity contribution < 1.29 is 19.1 Å². The van der Waals surface area contributed by atoms with Gasteiger partial charge < -0.3 is 10.1 Å². The lowest BCUT2D eigenvalue weighted by Gasteiger charge is -2.16. The van der Waals surface area contributed by atoms with E-state index in [1.807, 2.05) is 6.07 Å². The van der Waals surface area contributed by atoms with Crippen LogP contribution in [0.25, 0.3) is 0 Å². The summed E-state index contributed by atoms with van der Waals surface area (Å²) in [6.45, 7) is 1.34. The minimum Gasteiger partial charge on any atom is -0.484 e. The van der Waals surface area contributed by atoms with Gasteiger partial charge in [0.25, 0.3) is 5.91 Å². The number of nitrogens with one attached hydrogen (secondary N) is 1. The van der Waals surface area contributed by atoms with Crippen molar-refractivity contribution in [2.45, 2.75) is 26.2 Å². The highest BCUT2D eigenvalue weighted by Gasteiger charge is 2.17. The van der Waals surface area contributed by atoms with Crippen LogP contribution in [0.3, 0.4) is 0 Å². The molecule has 0 unspecified atom stereocenters. The Labute approximate surface area is 146 Å². The first-order chi connectivity index (χ1) is 12.0. The topological polar surface area (TPSA) is 72.5 Å². The predicted molar refractivity (Wildman–Crippen MR) is 94.3 cm³/mol. The first kappa shape index (κ1) is 16.9. The van der Waals surface area contributed by atoms with Crippen LogP contribution in [-0.4, -0.2) is 24.1 Å². The Morgan fingerprint density at radius 1 is 1.12 bits per heavy atom. The van der Waals surface area contributed by atoms with Crippen LogP contribution in [0.15, 0.2) is 42.5 Å². The molecule has 128 valence electrons. The molecule has 1 aliphatic carbocycles. The van der Waals surface area contributed by atoms with E-state index in [-0.39, 0.29) is 24.1 Å². The summed E-state index contributed by atoms with van der Waals surface area (Å²) in [5.74, 6) is 0.363. The van der Waals surface area contributed by atoms with Crippen molar-refractivity contribution in [2.24, 2.45) is 0 Å². The number of aryl methyl sites for hydroxylation is 1. The average molecular weight is 337 g/mol. The summed E-state index contributed by atoms with van der Waals surface area (Å²) in [5, 5.41) is 2.71. The van der Waals surface area contributed by atoms with Crippen LogP contribution in [0, 0.1) is 0 Å². The molecule has 5 nitrogen and oxygen atoms in total. The molecule has 2 aromatic rings. The number of carbonyl (C=O) groups excluding carboxylic acids is 3. The van der Waals surface area contributed by atoms with Crippen LogP contribution in [0.1, 0.15) is 46.0 Å². The van der Waals surface area contributed by atoms with E-state index in [0.717, 1.165) is 24.0 Å². The van der Waals surface area contributed by atoms with Gasteiger partial charge in [-0.2, -0.15) is 0 Å². The molecule has 0 heterocycles. The Hall–Kier alpha value is -2.95. The van der Waals surface area contributed by atoms with Gasteiger partial charge in [0.2, 0.25) is 0 Å². The highest BCUT2D eigenvalue weighted by molar-refractivity contribution is 5.99. The second-order valence-corrected chi connectivity index (χ2v) is 6.07. The van der Waals surface area contributed by atoms with Crippen LogP contribution in [0.5, 0.6) is 5.75 Å². The van der Waals surface area contributed by atoms with Gasteiger partial charge in [-0.3, -0.25) is 14.4 Å². The molecule has 2 aromatic carbocycles. The van der Waals surface area contributed by atoms with Gasteiger partial charge >= 0.3 is 0 Å². The number of ketones is 2. The van der Waals surface area contributed by atoms with Crippen LogP contribution < -0.4 is 10.1 Å². The maximum absolute atomic E-state index is 12.0. The number of ether oxygens (including phenoxy) is 1. The summed E-state index contributed by atoms with van der Waals surface area (Å²) >= 11 is 0.